The van der Waals surface area contributed by atoms with Gasteiger partial charge in [-0.3, -0.25) is 4.79 Å². The second kappa shape index (κ2) is 8.36. The molecule has 0 amide bonds. The maximum atomic E-state index is 13.1. The molecular weight excluding hydrogens is 417 g/mol. The van der Waals surface area contributed by atoms with Gasteiger partial charge in [-0.05, 0) is 67.5 Å². The average Bonchev–Trinajstić information content (AvgIpc) is 2.76. The number of nitrogens with one attached hydrogen (secondary N) is 1. The Hall–Kier alpha value is -2.84. The fourth-order valence-electron chi connectivity index (χ4n) is 3.98. The summed E-state index contributed by atoms with van der Waals surface area (Å²) in [5.74, 6) is -0.372. The second-order valence-corrected chi connectivity index (χ2v) is 9.61. The fourth-order valence-corrected chi connectivity index (χ4v) is 5.27. The first kappa shape index (κ1) is 21.4. The summed E-state index contributed by atoms with van der Waals surface area (Å²) in [6, 6.07) is 10.9. The van der Waals surface area contributed by atoms with Gasteiger partial charge in [-0.15, -0.1) is 0 Å². The lowest BCUT2D eigenvalue weighted by Crippen LogP contribution is -2.28. The summed E-state index contributed by atoms with van der Waals surface area (Å²) in [6.45, 7) is 1.79. The lowest BCUT2D eigenvalue weighted by atomic mass is 9.89. The van der Waals surface area contributed by atoms with Crippen molar-refractivity contribution < 1.29 is 12.8 Å². The molecule has 2 aromatic carbocycles. The number of hydrogen-bond acceptors (Lipinski definition) is 4. The Morgan fingerprint density at radius 3 is 2.45 bits per heavy atom. The molecule has 6 nitrogen and oxygen atoms in total. The lowest BCUT2D eigenvalue weighted by molar-refractivity contribution is 0.580. The predicted octanol–water partition coefficient (Wildman–Crippen LogP) is 3.25. The largest absolute Gasteiger partial charge is 0.269 e. The molecule has 0 saturated carbocycles. The van der Waals surface area contributed by atoms with Crippen molar-refractivity contribution in [3.8, 4) is 11.3 Å². The van der Waals surface area contributed by atoms with Gasteiger partial charge in [-0.2, -0.15) is 5.10 Å². The van der Waals surface area contributed by atoms with Crippen LogP contribution in [0, 0.1) is 12.7 Å². The highest BCUT2D eigenvalue weighted by molar-refractivity contribution is 7.89. The molecule has 0 fully saturated rings. The average molecular weight is 442 g/mol. The highest BCUT2D eigenvalue weighted by Gasteiger charge is 2.23. The summed E-state index contributed by atoms with van der Waals surface area (Å²) >= 11 is 0. The van der Waals surface area contributed by atoms with Crippen LogP contribution in [0.25, 0.3) is 11.3 Å². The molecular formula is C23H24FN3O3S. The number of nitrogens with zero attached hydrogens (tertiary/aromatic N) is 2. The minimum atomic E-state index is -3.81. The Morgan fingerprint density at radius 2 is 1.74 bits per heavy atom. The van der Waals surface area contributed by atoms with E-state index in [1.807, 2.05) is 6.07 Å². The fraction of sp³-hybridized carbons (Fsp3) is 0.304. The van der Waals surface area contributed by atoms with Gasteiger partial charge in [0.25, 0.3) is 5.56 Å². The Morgan fingerprint density at radius 1 is 1.06 bits per heavy atom. The van der Waals surface area contributed by atoms with Gasteiger partial charge < -0.3 is 0 Å². The van der Waals surface area contributed by atoms with Crippen molar-refractivity contribution in [3.05, 3.63) is 80.9 Å². The van der Waals surface area contributed by atoms with E-state index in [0.717, 1.165) is 30.4 Å². The van der Waals surface area contributed by atoms with Gasteiger partial charge in [0.1, 0.15) is 5.82 Å². The van der Waals surface area contributed by atoms with Crippen molar-refractivity contribution in [2.75, 3.05) is 0 Å². The highest BCUT2D eigenvalue weighted by Crippen LogP contribution is 2.30. The van der Waals surface area contributed by atoms with Crippen LogP contribution in [0.1, 0.15) is 35.1 Å². The van der Waals surface area contributed by atoms with Gasteiger partial charge in [0.2, 0.25) is 10.0 Å². The molecule has 0 atom stereocenters. The van der Waals surface area contributed by atoms with E-state index in [0.29, 0.717) is 28.8 Å². The normalized spacial score (nSPS) is 13.8. The van der Waals surface area contributed by atoms with Crippen LogP contribution >= 0.6 is 0 Å². The van der Waals surface area contributed by atoms with Crippen molar-refractivity contribution in [2.24, 2.45) is 7.05 Å². The molecule has 162 valence electrons. The summed E-state index contributed by atoms with van der Waals surface area (Å²) in [5.41, 5.74) is 4.20. The van der Waals surface area contributed by atoms with Crippen molar-refractivity contribution >= 4 is 10.0 Å². The number of sulfonamides is 1. The molecule has 1 aromatic heterocycles. The zero-order chi connectivity index (χ0) is 22.2. The first-order valence-corrected chi connectivity index (χ1v) is 11.7. The first-order chi connectivity index (χ1) is 14.8. The van der Waals surface area contributed by atoms with E-state index < -0.39 is 10.0 Å². The summed E-state index contributed by atoms with van der Waals surface area (Å²) in [7, 11) is -2.19. The molecule has 1 heterocycles. The molecule has 0 spiro atoms. The van der Waals surface area contributed by atoms with E-state index in [9.17, 15) is 17.6 Å². The van der Waals surface area contributed by atoms with Crippen LogP contribution in [0.15, 0.2) is 52.2 Å². The van der Waals surface area contributed by atoms with Crippen LogP contribution in [-0.2, 0) is 36.5 Å². The summed E-state index contributed by atoms with van der Waals surface area (Å²) < 4.78 is 43.1. The molecule has 31 heavy (non-hydrogen) atoms. The van der Waals surface area contributed by atoms with Crippen LogP contribution in [0.2, 0.25) is 0 Å². The monoisotopic (exact) mass is 441 g/mol. The standard InChI is InChI=1S/C23H24FN3O3S/c1-15-7-10-17(22-19-5-3-4-6-20(19)23(28)27(2)26-22)13-21(15)31(29,30)25-14-16-8-11-18(24)12-9-16/h7-13,25H,3-6,14H2,1-2H3. The molecule has 0 aliphatic heterocycles. The maximum Gasteiger partial charge on any atom is 0.269 e. The first-order valence-electron chi connectivity index (χ1n) is 10.2. The number of aryl methyl sites for hydroxylation is 2. The number of rotatable bonds is 5. The van der Waals surface area contributed by atoms with E-state index >= 15 is 0 Å². The van der Waals surface area contributed by atoms with Crippen molar-refractivity contribution in [3.63, 3.8) is 0 Å². The van der Waals surface area contributed by atoms with Crippen LogP contribution < -0.4 is 10.3 Å². The quantitative estimate of drug-likeness (QED) is 0.659. The third kappa shape index (κ3) is 4.31. The van der Waals surface area contributed by atoms with Crippen LogP contribution in [-0.4, -0.2) is 18.2 Å². The SMILES string of the molecule is Cc1ccc(-c2nn(C)c(=O)c3c2CCCC3)cc1S(=O)(=O)NCc1ccc(F)cc1. The van der Waals surface area contributed by atoms with Crippen molar-refractivity contribution in [2.45, 2.75) is 44.0 Å². The molecule has 1 N–H and O–H groups in total. The van der Waals surface area contributed by atoms with Crippen LogP contribution in [0.4, 0.5) is 4.39 Å². The van der Waals surface area contributed by atoms with Crippen molar-refractivity contribution in [1.29, 1.82) is 0 Å². The van der Waals surface area contributed by atoms with Gasteiger partial charge in [0.15, 0.2) is 0 Å². The van der Waals surface area contributed by atoms with Crippen LogP contribution in [0.3, 0.4) is 0 Å². The molecule has 0 bridgehead atoms. The zero-order valence-electron chi connectivity index (χ0n) is 17.5. The maximum absolute atomic E-state index is 13.1. The predicted molar refractivity (Wildman–Crippen MR) is 117 cm³/mol. The van der Waals surface area contributed by atoms with E-state index in [4.69, 9.17) is 0 Å². The Balaban J connectivity index is 1.72. The van der Waals surface area contributed by atoms with E-state index in [2.05, 4.69) is 9.82 Å². The molecule has 3 aromatic rings. The molecule has 0 unspecified atom stereocenters. The van der Waals surface area contributed by atoms with Crippen molar-refractivity contribution in [1.82, 2.24) is 14.5 Å². The number of aromatic nitrogens is 2. The lowest BCUT2D eigenvalue weighted by Gasteiger charge is -2.20. The summed E-state index contributed by atoms with van der Waals surface area (Å²) in [5, 5.41) is 4.46. The Kier molecular flexibility index (Phi) is 5.77. The van der Waals surface area contributed by atoms with Gasteiger partial charge in [0, 0.05) is 24.7 Å². The topological polar surface area (TPSA) is 81.1 Å². The minimum absolute atomic E-state index is 0.0553. The van der Waals surface area contributed by atoms with Gasteiger partial charge in [-0.1, -0.05) is 24.3 Å². The van der Waals surface area contributed by atoms with E-state index in [1.54, 1.807) is 38.2 Å². The molecule has 8 heteroatoms. The highest BCUT2D eigenvalue weighted by atomic mass is 32.2. The number of fused-ring (bicyclic) bond motifs is 1. The third-order valence-corrected chi connectivity index (χ3v) is 7.23. The van der Waals surface area contributed by atoms with Crippen LogP contribution in [0.5, 0.6) is 0 Å². The second-order valence-electron chi connectivity index (χ2n) is 7.87. The van der Waals surface area contributed by atoms with Gasteiger partial charge in [-0.25, -0.2) is 22.2 Å². The molecule has 1 aliphatic carbocycles. The zero-order valence-corrected chi connectivity index (χ0v) is 18.3. The number of halogens is 1. The van der Waals surface area contributed by atoms with Gasteiger partial charge >= 0.3 is 0 Å². The minimum Gasteiger partial charge on any atom is -0.268 e. The molecule has 4 rings (SSSR count). The van der Waals surface area contributed by atoms with E-state index in [-0.39, 0.29) is 22.8 Å². The molecule has 0 saturated heterocycles. The number of hydrogen-bond donors (Lipinski definition) is 1. The number of benzene rings is 2. The summed E-state index contributed by atoms with van der Waals surface area (Å²) in [6.07, 6.45) is 3.41. The van der Waals surface area contributed by atoms with E-state index in [1.165, 1.54) is 16.8 Å². The summed E-state index contributed by atoms with van der Waals surface area (Å²) in [4.78, 5) is 12.6. The Labute approximate surface area is 180 Å². The Bertz CT molecular complexity index is 1300. The third-order valence-electron chi connectivity index (χ3n) is 5.69. The molecule has 0 radical (unpaired) electrons. The smallest absolute Gasteiger partial charge is 0.268 e. The molecule has 1 aliphatic rings. The van der Waals surface area contributed by atoms with Gasteiger partial charge in [0.05, 0.1) is 10.6 Å².